The van der Waals surface area contributed by atoms with Gasteiger partial charge in [0.1, 0.15) is 5.82 Å². The maximum Gasteiger partial charge on any atom is 0.222 e. The number of ether oxygens (including phenoxy) is 2. The van der Waals surface area contributed by atoms with Gasteiger partial charge >= 0.3 is 0 Å². The molecule has 0 amide bonds. The minimum Gasteiger partial charge on any atom is -0.493 e. The number of nitrogen functional groups attached to an aromatic ring is 2. The van der Waals surface area contributed by atoms with Crippen molar-refractivity contribution < 1.29 is 9.47 Å². The van der Waals surface area contributed by atoms with Gasteiger partial charge in [-0.2, -0.15) is 4.98 Å². The standard InChI is InChI=1S/C18H26N4O2/c1-11-13(16(19)22-17(20)21-11)8-9-18(2,3)12-6-7-14(23-4)15(10-12)24-5/h6-7,10H,8-9H2,1-5H3,(H4,19,20,21,22). The fourth-order valence-electron chi connectivity index (χ4n) is 2.79. The first kappa shape index (κ1) is 17.8. The van der Waals surface area contributed by atoms with E-state index in [0.717, 1.165) is 35.6 Å². The van der Waals surface area contributed by atoms with Crippen LogP contribution >= 0.6 is 0 Å². The van der Waals surface area contributed by atoms with Crippen molar-refractivity contribution in [2.75, 3.05) is 25.7 Å². The van der Waals surface area contributed by atoms with Crippen molar-refractivity contribution in [1.29, 1.82) is 0 Å². The molecule has 0 fully saturated rings. The predicted molar refractivity (Wildman–Crippen MR) is 96.5 cm³/mol. The molecule has 0 aliphatic carbocycles. The fraction of sp³-hybridized carbons (Fsp3) is 0.444. The van der Waals surface area contributed by atoms with Gasteiger partial charge in [-0.3, -0.25) is 0 Å². The summed E-state index contributed by atoms with van der Waals surface area (Å²) in [6.07, 6.45) is 1.67. The molecule has 0 spiro atoms. The molecule has 0 aliphatic rings. The number of methoxy groups -OCH3 is 2. The SMILES string of the molecule is COc1ccc(C(C)(C)CCc2c(C)nc(N)nc2N)cc1OC. The first-order chi connectivity index (χ1) is 11.3. The molecule has 0 radical (unpaired) electrons. The van der Waals surface area contributed by atoms with Gasteiger partial charge in [0.25, 0.3) is 0 Å². The quantitative estimate of drug-likeness (QED) is 0.845. The van der Waals surface area contributed by atoms with Crippen LogP contribution in [-0.4, -0.2) is 24.2 Å². The smallest absolute Gasteiger partial charge is 0.222 e. The lowest BCUT2D eigenvalue weighted by Gasteiger charge is -2.26. The van der Waals surface area contributed by atoms with Crippen molar-refractivity contribution in [2.24, 2.45) is 0 Å². The van der Waals surface area contributed by atoms with Crippen molar-refractivity contribution >= 4 is 11.8 Å². The van der Waals surface area contributed by atoms with Gasteiger partial charge in [-0.1, -0.05) is 19.9 Å². The molecule has 24 heavy (non-hydrogen) atoms. The summed E-state index contributed by atoms with van der Waals surface area (Å²) >= 11 is 0. The molecule has 0 unspecified atom stereocenters. The average Bonchev–Trinajstić information content (AvgIpc) is 2.52. The van der Waals surface area contributed by atoms with E-state index < -0.39 is 0 Å². The highest BCUT2D eigenvalue weighted by atomic mass is 16.5. The zero-order chi connectivity index (χ0) is 17.9. The summed E-state index contributed by atoms with van der Waals surface area (Å²) in [5.74, 6) is 2.13. The summed E-state index contributed by atoms with van der Waals surface area (Å²) in [6.45, 7) is 6.29. The molecule has 6 nitrogen and oxygen atoms in total. The normalized spacial score (nSPS) is 11.4. The number of nitrogens with zero attached hydrogens (tertiary/aromatic N) is 2. The monoisotopic (exact) mass is 330 g/mol. The second-order valence-corrected chi connectivity index (χ2v) is 6.48. The van der Waals surface area contributed by atoms with Crippen molar-refractivity contribution in [3.05, 3.63) is 35.0 Å². The van der Waals surface area contributed by atoms with E-state index in [-0.39, 0.29) is 11.4 Å². The van der Waals surface area contributed by atoms with Crippen molar-refractivity contribution in [3.63, 3.8) is 0 Å². The fourth-order valence-corrected chi connectivity index (χ4v) is 2.79. The number of anilines is 2. The van der Waals surface area contributed by atoms with Gasteiger partial charge in [-0.05, 0) is 42.9 Å². The molecule has 0 saturated heterocycles. The molecule has 1 aromatic carbocycles. The molecular formula is C18H26N4O2. The molecule has 1 aromatic heterocycles. The van der Waals surface area contributed by atoms with Crippen LogP contribution in [0.25, 0.3) is 0 Å². The number of rotatable bonds is 6. The Labute approximate surface area is 143 Å². The second-order valence-electron chi connectivity index (χ2n) is 6.48. The number of benzene rings is 1. The van der Waals surface area contributed by atoms with Crippen LogP contribution in [0.15, 0.2) is 18.2 Å². The molecule has 0 aliphatic heterocycles. The highest BCUT2D eigenvalue weighted by Crippen LogP contribution is 2.36. The third-order valence-electron chi connectivity index (χ3n) is 4.43. The van der Waals surface area contributed by atoms with E-state index in [2.05, 4.69) is 29.9 Å². The Morgan fingerprint density at radius 1 is 1.04 bits per heavy atom. The molecule has 2 rings (SSSR count). The van der Waals surface area contributed by atoms with E-state index in [1.54, 1.807) is 14.2 Å². The zero-order valence-electron chi connectivity index (χ0n) is 15.0. The van der Waals surface area contributed by atoms with E-state index in [4.69, 9.17) is 20.9 Å². The van der Waals surface area contributed by atoms with Crippen molar-refractivity contribution in [3.8, 4) is 11.5 Å². The second kappa shape index (κ2) is 6.95. The maximum atomic E-state index is 6.01. The van der Waals surface area contributed by atoms with Crippen LogP contribution in [-0.2, 0) is 11.8 Å². The van der Waals surface area contributed by atoms with E-state index in [9.17, 15) is 0 Å². The zero-order valence-corrected chi connectivity index (χ0v) is 15.0. The number of aromatic nitrogens is 2. The highest BCUT2D eigenvalue weighted by molar-refractivity contribution is 5.47. The number of nitrogens with two attached hydrogens (primary N) is 2. The van der Waals surface area contributed by atoms with Gasteiger partial charge in [0.05, 0.1) is 14.2 Å². The van der Waals surface area contributed by atoms with Crippen molar-refractivity contribution in [2.45, 2.75) is 39.0 Å². The number of aryl methyl sites for hydroxylation is 1. The van der Waals surface area contributed by atoms with E-state index in [1.165, 1.54) is 5.56 Å². The van der Waals surface area contributed by atoms with Gasteiger partial charge in [0.15, 0.2) is 11.5 Å². The lowest BCUT2D eigenvalue weighted by atomic mass is 9.79. The summed E-state index contributed by atoms with van der Waals surface area (Å²) in [6, 6.07) is 6.02. The van der Waals surface area contributed by atoms with Crippen LogP contribution in [0.2, 0.25) is 0 Å². The third-order valence-corrected chi connectivity index (χ3v) is 4.43. The molecule has 4 N–H and O–H groups in total. The lowest BCUT2D eigenvalue weighted by molar-refractivity contribution is 0.352. The van der Waals surface area contributed by atoms with Gasteiger partial charge in [0, 0.05) is 11.3 Å². The predicted octanol–water partition coefficient (Wildman–Crippen LogP) is 2.88. The molecule has 0 atom stereocenters. The Kier molecular flexibility index (Phi) is 5.17. The number of hydrogen-bond acceptors (Lipinski definition) is 6. The minimum atomic E-state index is -0.0696. The van der Waals surface area contributed by atoms with Crippen molar-refractivity contribution in [1.82, 2.24) is 9.97 Å². The van der Waals surface area contributed by atoms with Crippen LogP contribution in [0.4, 0.5) is 11.8 Å². The summed E-state index contributed by atoms with van der Waals surface area (Å²) in [5.41, 5.74) is 14.5. The van der Waals surface area contributed by atoms with Gasteiger partial charge < -0.3 is 20.9 Å². The van der Waals surface area contributed by atoms with Crippen LogP contribution in [0, 0.1) is 6.92 Å². The summed E-state index contributed by atoms with van der Waals surface area (Å²) < 4.78 is 10.7. The Balaban J connectivity index is 2.23. The summed E-state index contributed by atoms with van der Waals surface area (Å²) in [7, 11) is 3.28. The van der Waals surface area contributed by atoms with Gasteiger partial charge in [-0.25, -0.2) is 4.98 Å². The Morgan fingerprint density at radius 2 is 1.71 bits per heavy atom. The van der Waals surface area contributed by atoms with E-state index >= 15 is 0 Å². The van der Waals surface area contributed by atoms with E-state index in [0.29, 0.717) is 5.82 Å². The average molecular weight is 330 g/mol. The molecular weight excluding hydrogens is 304 g/mol. The lowest BCUT2D eigenvalue weighted by Crippen LogP contribution is -2.19. The van der Waals surface area contributed by atoms with Gasteiger partial charge in [-0.15, -0.1) is 0 Å². The Bertz CT molecular complexity index is 706. The molecule has 0 bridgehead atoms. The van der Waals surface area contributed by atoms with Gasteiger partial charge in [0.2, 0.25) is 5.95 Å². The third kappa shape index (κ3) is 3.69. The molecule has 1 heterocycles. The molecule has 130 valence electrons. The molecule has 2 aromatic rings. The van der Waals surface area contributed by atoms with Crippen LogP contribution in [0.5, 0.6) is 11.5 Å². The topological polar surface area (TPSA) is 96.3 Å². The Morgan fingerprint density at radius 3 is 2.29 bits per heavy atom. The molecule has 0 saturated carbocycles. The summed E-state index contributed by atoms with van der Waals surface area (Å²) in [4.78, 5) is 8.27. The largest absolute Gasteiger partial charge is 0.493 e. The maximum absolute atomic E-state index is 6.01. The highest BCUT2D eigenvalue weighted by Gasteiger charge is 2.23. The number of hydrogen-bond donors (Lipinski definition) is 2. The minimum absolute atomic E-state index is 0.0696. The van der Waals surface area contributed by atoms with Crippen LogP contribution in [0.3, 0.4) is 0 Å². The first-order valence-electron chi connectivity index (χ1n) is 7.89. The van der Waals surface area contributed by atoms with E-state index in [1.807, 2.05) is 19.1 Å². The Hall–Kier alpha value is -2.50. The summed E-state index contributed by atoms with van der Waals surface area (Å²) in [5, 5.41) is 0. The molecule has 6 heteroatoms. The van der Waals surface area contributed by atoms with Crippen LogP contribution < -0.4 is 20.9 Å². The first-order valence-corrected chi connectivity index (χ1v) is 7.89. The van der Waals surface area contributed by atoms with Crippen LogP contribution in [0.1, 0.15) is 37.1 Å².